The van der Waals surface area contributed by atoms with Crippen LogP contribution in [-0.2, 0) is 9.47 Å². The average Bonchev–Trinajstić information content (AvgIpc) is 2.97. The molecule has 2 heterocycles. The van der Waals surface area contributed by atoms with Crippen molar-refractivity contribution in [2.75, 3.05) is 20.3 Å². The van der Waals surface area contributed by atoms with Gasteiger partial charge in [-0.1, -0.05) is 0 Å². The fraction of sp³-hybridized carbons (Fsp3) is 1.00. The molecule has 2 saturated heterocycles. The van der Waals surface area contributed by atoms with Crippen LogP contribution in [0.5, 0.6) is 0 Å². The minimum atomic E-state index is 0.502. The topological polar surface area (TPSA) is 30.5 Å². The summed E-state index contributed by atoms with van der Waals surface area (Å²) in [7, 11) is 2.06. The van der Waals surface area contributed by atoms with Crippen molar-refractivity contribution in [3.63, 3.8) is 0 Å². The van der Waals surface area contributed by atoms with Crippen molar-refractivity contribution in [1.29, 1.82) is 0 Å². The fourth-order valence-electron chi connectivity index (χ4n) is 2.79. The molecule has 2 rings (SSSR count). The highest BCUT2D eigenvalue weighted by Gasteiger charge is 2.22. The van der Waals surface area contributed by atoms with Gasteiger partial charge in [0.15, 0.2) is 0 Å². The Morgan fingerprint density at radius 2 is 1.81 bits per heavy atom. The summed E-state index contributed by atoms with van der Waals surface area (Å²) in [5.41, 5.74) is 0. The lowest BCUT2D eigenvalue weighted by Crippen LogP contribution is -2.30. The molecule has 2 fully saturated rings. The third-order valence-corrected chi connectivity index (χ3v) is 3.84. The Morgan fingerprint density at radius 1 is 1.12 bits per heavy atom. The number of hydrogen-bond acceptors (Lipinski definition) is 3. The van der Waals surface area contributed by atoms with E-state index in [1.54, 1.807) is 0 Å². The minimum Gasteiger partial charge on any atom is -0.378 e. The van der Waals surface area contributed by atoms with Gasteiger partial charge in [-0.2, -0.15) is 0 Å². The summed E-state index contributed by atoms with van der Waals surface area (Å²) >= 11 is 0. The molecule has 0 radical (unpaired) electrons. The van der Waals surface area contributed by atoms with E-state index in [-0.39, 0.29) is 0 Å². The predicted molar refractivity (Wildman–Crippen MR) is 64.6 cm³/mol. The molecule has 3 atom stereocenters. The van der Waals surface area contributed by atoms with Gasteiger partial charge in [-0.25, -0.2) is 0 Å². The van der Waals surface area contributed by atoms with E-state index < -0.39 is 0 Å². The molecular weight excluding hydrogens is 202 g/mol. The molecule has 16 heavy (non-hydrogen) atoms. The first-order chi connectivity index (χ1) is 7.88. The molecule has 0 saturated carbocycles. The summed E-state index contributed by atoms with van der Waals surface area (Å²) in [6.07, 6.45) is 9.63. The highest BCUT2D eigenvalue weighted by molar-refractivity contribution is 4.76. The number of nitrogens with one attached hydrogen (secondary N) is 1. The molecule has 3 unspecified atom stereocenters. The van der Waals surface area contributed by atoms with Crippen molar-refractivity contribution >= 4 is 0 Å². The Morgan fingerprint density at radius 3 is 2.38 bits per heavy atom. The summed E-state index contributed by atoms with van der Waals surface area (Å²) in [6, 6.07) is 0.604. The van der Waals surface area contributed by atoms with Gasteiger partial charge in [0.2, 0.25) is 0 Å². The van der Waals surface area contributed by atoms with E-state index in [9.17, 15) is 0 Å². The van der Waals surface area contributed by atoms with E-state index in [1.165, 1.54) is 44.9 Å². The Kier molecular flexibility index (Phi) is 5.07. The summed E-state index contributed by atoms with van der Waals surface area (Å²) < 4.78 is 11.3. The van der Waals surface area contributed by atoms with E-state index in [0.29, 0.717) is 18.2 Å². The van der Waals surface area contributed by atoms with Crippen molar-refractivity contribution in [2.24, 2.45) is 0 Å². The molecule has 2 aliphatic rings. The van der Waals surface area contributed by atoms with Gasteiger partial charge in [-0.05, 0) is 52.0 Å². The van der Waals surface area contributed by atoms with Gasteiger partial charge < -0.3 is 14.8 Å². The highest BCUT2D eigenvalue weighted by atomic mass is 16.5. The molecule has 0 aromatic rings. The molecule has 0 aliphatic carbocycles. The average molecular weight is 227 g/mol. The lowest BCUT2D eigenvalue weighted by molar-refractivity contribution is 0.0826. The zero-order valence-electron chi connectivity index (χ0n) is 10.4. The van der Waals surface area contributed by atoms with Crippen molar-refractivity contribution in [3.8, 4) is 0 Å². The Hall–Kier alpha value is -0.120. The van der Waals surface area contributed by atoms with Gasteiger partial charge in [0.1, 0.15) is 0 Å². The standard InChI is InChI=1S/C13H25NO2/c1-14-11(10-13-5-3-9-16-13)6-7-12-4-2-8-15-12/h11-14H,2-10H2,1H3. The Balaban J connectivity index is 1.63. The monoisotopic (exact) mass is 227 g/mol. The summed E-state index contributed by atoms with van der Waals surface area (Å²) in [4.78, 5) is 0. The minimum absolute atomic E-state index is 0.502. The van der Waals surface area contributed by atoms with E-state index in [0.717, 1.165) is 13.2 Å². The van der Waals surface area contributed by atoms with E-state index in [1.807, 2.05) is 0 Å². The van der Waals surface area contributed by atoms with Crippen LogP contribution in [0.4, 0.5) is 0 Å². The van der Waals surface area contributed by atoms with Gasteiger partial charge in [-0.3, -0.25) is 0 Å². The van der Waals surface area contributed by atoms with Crippen LogP contribution < -0.4 is 5.32 Å². The van der Waals surface area contributed by atoms with Crippen molar-refractivity contribution in [2.45, 2.75) is 63.2 Å². The van der Waals surface area contributed by atoms with E-state index >= 15 is 0 Å². The summed E-state index contributed by atoms with van der Waals surface area (Å²) in [5, 5.41) is 3.42. The largest absolute Gasteiger partial charge is 0.378 e. The summed E-state index contributed by atoms with van der Waals surface area (Å²) in [5.74, 6) is 0. The van der Waals surface area contributed by atoms with Gasteiger partial charge in [0.05, 0.1) is 12.2 Å². The van der Waals surface area contributed by atoms with E-state index in [4.69, 9.17) is 9.47 Å². The summed E-state index contributed by atoms with van der Waals surface area (Å²) in [6.45, 7) is 1.94. The quantitative estimate of drug-likeness (QED) is 0.754. The SMILES string of the molecule is CNC(CCC1CCCO1)CC1CCCO1. The number of hydrogen-bond donors (Lipinski definition) is 1. The second-order valence-corrected chi connectivity index (χ2v) is 5.07. The predicted octanol–water partition coefficient (Wildman–Crippen LogP) is 2.10. The van der Waals surface area contributed by atoms with Crippen LogP contribution in [0.2, 0.25) is 0 Å². The normalized spacial score (nSPS) is 32.1. The van der Waals surface area contributed by atoms with Gasteiger partial charge in [-0.15, -0.1) is 0 Å². The maximum Gasteiger partial charge on any atom is 0.0590 e. The first-order valence-electron chi connectivity index (χ1n) is 6.79. The third kappa shape index (κ3) is 3.72. The molecule has 0 bridgehead atoms. The first kappa shape index (κ1) is 12.3. The van der Waals surface area contributed by atoms with Crippen LogP contribution >= 0.6 is 0 Å². The van der Waals surface area contributed by atoms with Crippen molar-refractivity contribution < 1.29 is 9.47 Å². The lowest BCUT2D eigenvalue weighted by atomic mass is 10.00. The maximum absolute atomic E-state index is 5.69. The zero-order valence-corrected chi connectivity index (χ0v) is 10.4. The maximum atomic E-state index is 5.69. The highest BCUT2D eigenvalue weighted by Crippen LogP contribution is 2.22. The van der Waals surface area contributed by atoms with Crippen LogP contribution in [-0.4, -0.2) is 38.5 Å². The molecule has 1 N–H and O–H groups in total. The zero-order chi connectivity index (χ0) is 11.2. The lowest BCUT2D eigenvalue weighted by Gasteiger charge is -2.21. The first-order valence-corrected chi connectivity index (χ1v) is 6.79. The van der Waals surface area contributed by atoms with Gasteiger partial charge >= 0.3 is 0 Å². The molecule has 3 heteroatoms. The Bertz CT molecular complexity index is 186. The molecule has 0 aromatic heterocycles. The Labute approximate surface area is 98.9 Å². The molecule has 0 amide bonds. The number of ether oxygens (including phenoxy) is 2. The number of rotatable bonds is 6. The second kappa shape index (κ2) is 6.58. The van der Waals surface area contributed by atoms with E-state index in [2.05, 4.69) is 12.4 Å². The smallest absolute Gasteiger partial charge is 0.0590 e. The molecular formula is C13H25NO2. The molecule has 3 nitrogen and oxygen atoms in total. The van der Waals surface area contributed by atoms with Crippen molar-refractivity contribution in [1.82, 2.24) is 5.32 Å². The molecule has 2 aliphatic heterocycles. The third-order valence-electron chi connectivity index (χ3n) is 3.84. The molecule has 94 valence electrons. The van der Waals surface area contributed by atoms with Gasteiger partial charge in [0, 0.05) is 19.3 Å². The van der Waals surface area contributed by atoms with Crippen molar-refractivity contribution in [3.05, 3.63) is 0 Å². The van der Waals surface area contributed by atoms with Crippen LogP contribution in [0.1, 0.15) is 44.9 Å². The van der Waals surface area contributed by atoms with Crippen LogP contribution in [0, 0.1) is 0 Å². The molecule has 0 spiro atoms. The van der Waals surface area contributed by atoms with Gasteiger partial charge in [0.25, 0.3) is 0 Å². The van der Waals surface area contributed by atoms with Crippen LogP contribution in [0.25, 0.3) is 0 Å². The fourth-order valence-corrected chi connectivity index (χ4v) is 2.79. The van der Waals surface area contributed by atoms with Crippen LogP contribution in [0.15, 0.2) is 0 Å². The van der Waals surface area contributed by atoms with Crippen LogP contribution in [0.3, 0.4) is 0 Å². The molecule has 0 aromatic carbocycles. The second-order valence-electron chi connectivity index (χ2n) is 5.07.